The highest BCUT2D eigenvalue weighted by Crippen LogP contribution is 2.17. The molecule has 1 heterocycles. The highest BCUT2D eigenvalue weighted by atomic mass is 35.5. The molecule has 0 unspecified atom stereocenters. The Morgan fingerprint density at radius 2 is 2.33 bits per heavy atom. The zero-order chi connectivity index (χ0) is 9.14. The third kappa shape index (κ3) is 2.14. The minimum Gasteiger partial charge on any atom is -0.395 e. The molecular formula is C8H14ClN3. The number of hydrogen-bond acceptors (Lipinski definition) is 2. The molecule has 0 amide bonds. The molecule has 1 rings (SSSR count). The average molecular weight is 188 g/mol. The molecule has 0 saturated carbocycles. The predicted molar refractivity (Wildman–Crippen MR) is 51.1 cm³/mol. The van der Waals surface area contributed by atoms with Crippen LogP contribution in [0.4, 0.5) is 5.69 Å². The summed E-state index contributed by atoms with van der Waals surface area (Å²) in [5.74, 6) is 0.659. The molecule has 3 nitrogen and oxygen atoms in total. The molecule has 0 bridgehead atoms. The number of anilines is 1. The molecule has 0 saturated heterocycles. The summed E-state index contributed by atoms with van der Waals surface area (Å²) < 4.78 is 1.73. The molecule has 0 aliphatic rings. The summed E-state index contributed by atoms with van der Waals surface area (Å²) in [5.41, 5.74) is 6.09. The number of aryl methyl sites for hydroxylation is 1. The van der Waals surface area contributed by atoms with Gasteiger partial charge in [0.2, 0.25) is 0 Å². The third-order valence-corrected chi connectivity index (χ3v) is 2.13. The van der Waals surface area contributed by atoms with Gasteiger partial charge in [-0.25, -0.2) is 0 Å². The predicted octanol–water partition coefficient (Wildman–Crippen LogP) is 2.16. The first-order valence-electron chi connectivity index (χ1n) is 4.08. The summed E-state index contributed by atoms with van der Waals surface area (Å²) in [6.45, 7) is 5.18. The summed E-state index contributed by atoms with van der Waals surface area (Å²) in [5, 5.41) is 4.60. The molecular weight excluding hydrogens is 174 g/mol. The third-order valence-electron chi connectivity index (χ3n) is 1.72. The Balaban J connectivity index is 2.58. The molecule has 1 aromatic rings. The van der Waals surface area contributed by atoms with Gasteiger partial charge in [-0.3, -0.25) is 4.68 Å². The van der Waals surface area contributed by atoms with Gasteiger partial charge in [-0.15, -0.1) is 0 Å². The molecule has 0 radical (unpaired) electrons. The Labute approximate surface area is 77.5 Å². The lowest BCUT2D eigenvalue weighted by Gasteiger charge is -2.05. The molecule has 68 valence electrons. The zero-order valence-corrected chi connectivity index (χ0v) is 8.17. The molecule has 0 atom stereocenters. The van der Waals surface area contributed by atoms with E-state index in [2.05, 4.69) is 18.9 Å². The van der Waals surface area contributed by atoms with Gasteiger partial charge in [-0.2, -0.15) is 5.10 Å². The van der Waals surface area contributed by atoms with Crippen LogP contribution in [-0.2, 0) is 6.54 Å². The van der Waals surface area contributed by atoms with Crippen LogP contribution in [0.25, 0.3) is 0 Å². The first kappa shape index (κ1) is 9.39. The number of nitrogens with zero attached hydrogens (tertiary/aromatic N) is 2. The van der Waals surface area contributed by atoms with E-state index in [4.69, 9.17) is 17.3 Å². The zero-order valence-electron chi connectivity index (χ0n) is 7.42. The maximum atomic E-state index is 5.87. The first-order valence-corrected chi connectivity index (χ1v) is 4.46. The fourth-order valence-corrected chi connectivity index (χ4v) is 1.10. The van der Waals surface area contributed by atoms with Crippen LogP contribution >= 0.6 is 11.6 Å². The maximum absolute atomic E-state index is 5.87. The number of nitrogen functional groups attached to an aromatic ring is 1. The van der Waals surface area contributed by atoms with Crippen LogP contribution < -0.4 is 5.73 Å². The van der Waals surface area contributed by atoms with Crippen LogP contribution in [0, 0.1) is 5.92 Å². The Bertz CT molecular complexity index is 255. The van der Waals surface area contributed by atoms with E-state index >= 15 is 0 Å². The van der Waals surface area contributed by atoms with Gasteiger partial charge >= 0.3 is 0 Å². The number of nitrogens with two attached hydrogens (primary N) is 1. The number of aromatic nitrogens is 2. The molecule has 0 spiro atoms. The summed E-state index contributed by atoms with van der Waals surface area (Å²) in [6.07, 6.45) is 2.66. The second kappa shape index (κ2) is 3.81. The summed E-state index contributed by atoms with van der Waals surface area (Å²) in [4.78, 5) is 0. The summed E-state index contributed by atoms with van der Waals surface area (Å²) in [6, 6.07) is 0. The van der Waals surface area contributed by atoms with Crippen molar-refractivity contribution >= 4 is 17.3 Å². The van der Waals surface area contributed by atoms with Crippen LogP contribution in [0.5, 0.6) is 0 Å². The Hall–Kier alpha value is -0.700. The van der Waals surface area contributed by atoms with Gasteiger partial charge in [-0.1, -0.05) is 25.4 Å². The molecule has 2 N–H and O–H groups in total. The molecule has 4 heteroatoms. The van der Waals surface area contributed by atoms with E-state index in [1.165, 1.54) is 0 Å². The largest absolute Gasteiger partial charge is 0.395 e. The van der Waals surface area contributed by atoms with Crippen LogP contribution in [0.15, 0.2) is 6.20 Å². The molecule has 0 aromatic carbocycles. The minimum atomic E-state index is 0.552. The van der Waals surface area contributed by atoms with Gasteiger partial charge in [0.1, 0.15) is 5.15 Å². The van der Waals surface area contributed by atoms with Crippen LogP contribution in [0.1, 0.15) is 20.3 Å². The van der Waals surface area contributed by atoms with E-state index in [1.807, 2.05) is 0 Å². The van der Waals surface area contributed by atoms with Crippen LogP contribution in [0.2, 0.25) is 5.15 Å². The highest BCUT2D eigenvalue weighted by Gasteiger charge is 2.04. The molecule has 0 aliphatic carbocycles. The maximum Gasteiger partial charge on any atom is 0.150 e. The van der Waals surface area contributed by atoms with Gasteiger partial charge in [0.25, 0.3) is 0 Å². The topological polar surface area (TPSA) is 43.8 Å². The van der Waals surface area contributed by atoms with Crippen molar-refractivity contribution in [2.45, 2.75) is 26.8 Å². The van der Waals surface area contributed by atoms with Crippen molar-refractivity contribution in [2.24, 2.45) is 5.92 Å². The van der Waals surface area contributed by atoms with E-state index in [0.29, 0.717) is 16.8 Å². The number of rotatable bonds is 3. The molecule has 12 heavy (non-hydrogen) atoms. The van der Waals surface area contributed by atoms with E-state index in [-0.39, 0.29) is 0 Å². The number of halogens is 1. The van der Waals surface area contributed by atoms with E-state index < -0.39 is 0 Å². The summed E-state index contributed by atoms with van der Waals surface area (Å²) in [7, 11) is 0. The van der Waals surface area contributed by atoms with Crippen molar-refractivity contribution in [1.82, 2.24) is 9.78 Å². The number of hydrogen-bond donors (Lipinski definition) is 1. The van der Waals surface area contributed by atoms with Gasteiger partial charge in [0.15, 0.2) is 0 Å². The van der Waals surface area contributed by atoms with Gasteiger partial charge in [-0.05, 0) is 12.3 Å². The van der Waals surface area contributed by atoms with Crippen molar-refractivity contribution in [3.8, 4) is 0 Å². The van der Waals surface area contributed by atoms with Crippen LogP contribution in [-0.4, -0.2) is 9.78 Å². The quantitative estimate of drug-likeness (QED) is 0.788. The Morgan fingerprint density at radius 1 is 1.67 bits per heavy atom. The van der Waals surface area contributed by atoms with E-state index in [1.54, 1.807) is 10.9 Å². The lowest BCUT2D eigenvalue weighted by atomic mass is 10.1. The lowest BCUT2D eigenvalue weighted by molar-refractivity contribution is 0.488. The SMILES string of the molecule is CC(C)CCn1ncc(N)c1Cl. The van der Waals surface area contributed by atoms with Crippen LogP contribution in [0.3, 0.4) is 0 Å². The molecule has 0 aliphatic heterocycles. The smallest absolute Gasteiger partial charge is 0.150 e. The highest BCUT2D eigenvalue weighted by molar-refractivity contribution is 6.31. The normalized spacial score (nSPS) is 11.0. The molecule has 0 fully saturated rings. The lowest BCUT2D eigenvalue weighted by Crippen LogP contribution is -2.03. The van der Waals surface area contributed by atoms with Gasteiger partial charge in [0, 0.05) is 6.54 Å². The fraction of sp³-hybridized carbons (Fsp3) is 0.625. The summed E-state index contributed by atoms with van der Waals surface area (Å²) >= 11 is 5.87. The molecule has 1 aromatic heterocycles. The standard InChI is InChI=1S/C8H14ClN3/c1-6(2)3-4-12-8(9)7(10)5-11-12/h5-6H,3-4,10H2,1-2H3. The second-order valence-corrected chi connectivity index (χ2v) is 3.65. The van der Waals surface area contributed by atoms with Gasteiger partial charge < -0.3 is 5.73 Å². The van der Waals surface area contributed by atoms with Gasteiger partial charge in [0.05, 0.1) is 11.9 Å². The van der Waals surface area contributed by atoms with E-state index in [9.17, 15) is 0 Å². The Kier molecular flexibility index (Phi) is 2.98. The van der Waals surface area contributed by atoms with Crippen molar-refractivity contribution in [3.63, 3.8) is 0 Å². The Morgan fingerprint density at radius 3 is 2.75 bits per heavy atom. The fourth-order valence-electron chi connectivity index (χ4n) is 0.921. The van der Waals surface area contributed by atoms with Crippen molar-refractivity contribution in [3.05, 3.63) is 11.3 Å². The first-order chi connectivity index (χ1) is 5.61. The monoisotopic (exact) mass is 187 g/mol. The average Bonchev–Trinajstić information content (AvgIpc) is 2.30. The van der Waals surface area contributed by atoms with Crippen molar-refractivity contribution in [1.29, 1.82) is 0 Å². The van der Waals surface area contributed by atoms with Crippen molar-refractivity contribution < 1.29 is 0 Å². The van der Waals surface area contributed by atoms with Crippen molar-refractivity contribution in [2.75, 3.05) is 5.73 Å². The minimum absolute atomic E-state index is 0.552. The van der Waals surface area contributed by atoms with E-state index in [0.717, 1.165) is 13.0 Å². The second-order valence-electron chi connectivity index (χ2n) is 3.30.